The number of anilines is 1. The summed E-state index contributed by atoms with van der Waals surface area (Å²) in [6.45, 7) is 1.51. The molecule has 0 N–H and O–H groups in total. The number of thioether (sulfide) groups is 1. The quantitative estimate of drug-likeness (QED) is 0.199. The van der Waals surface area contributed by atoms with Crippen LogP contribution in [-0.4, -0.2) is 62.9 Å². The van der Waals surface area contributed by atoms with Gasteiger partial charge >= 0.3 is 0 Å². The molecule has 1 aromatic heterocycles. The van der Waals surface area contributed by atoms with Crippen LogP contribution in [0, 0.1) is 0 Å². The van der Waals surface area contributed by atoms with E-state index in [1.54, 1.807) is 26.0 Å². The topological polar surface area (TPSA) is 54.9 Å². The lowest BCUT2D eigenvalue weighted by atomic mass is 10.3. The highest BCUT2D eigenvalue weighted by Crippen LogP contribution is 2.40. The number of carbonyl (C=O) groups excluding carboxylic acids is 1. The number of fused-ring (bicyclic) bond motifs is 1. The molecule has 0 aliphatic heterocycles. The number of rotatable bonds is 12. The Kier molecular flexibility index (Phi) is 11.7. The lowest BCUT2D eigenvalue weighted by Crippen LogP contribution is -2.33. The number of nitrogens with zero attached hydrogens (tertiary/aromatic N) is 3. The lowest BCUT2D eigenvalue weighted by Gasteiger charge is -2.21. The molecule has 0 fully saturated rings. The second kappa shape index (κ2) is 14.0. The average molecular weight is 545 g/mol. The first-order valence-corrected chi connectivity index (χ1v) is 13.0. The molecule has 0 radical (unpaired) electrons. The predicted molar refractivity (Wildman–Crippen MR) is 147 cm³/mol. The van der Waals surface area contributed by atoms with Crippen molar-refractivity contribution in [1.29, 1.82) is 0 Å². The fourth-order valence-electron chi connectivity index (χ4n) is 3.34. The molecular formula is C24H31Cl2N3O3S2. The highest BCUT2D eigenvalue weighted by atomic mass is 35.5. The summed E-state index contributed by atoms with van der Waals surface area (Å²) < 4.78 is 11.9. The van der Waals surface area contributed by atoms with Crippen LogP contribution in [0.1, 0.15) is 19.3 Å². The van der Waals surface area contributed by atoms with Gasteiger partial charge in [-0.05, 0) is 75.6 Å². The summed E-state index contributed by atoms with van der Waals surface area (Å²) in [5.74, 6) is 2.35. The molecule has 0 saturated heterocycles. The summed E-state index contributed by atoms with van der Waals surface area (Å²) in [6, 6.07) is 11.5. The molecule has 0 aliphatic carbocycles. The molecule has 0 saturated carbocycles. The largest absolute Gasteiger partial charge is 0.495 e. The van der Waals surface area contributed by atoms with Crippen LogP contribution in [-0.2, 0) is 4.79 Å². The van der Waals surface area contributed by atoms with E-state index in [2.05, 4.69) is 4.90 Å². The van der Waals surface area contributed by atoms with Crippen molar-refractivity contribution < 1.29 is 14.3 Å². The molecule has 2 aromatic carbocycles. The van der Waals surface area contributed by atoms with Gasteiger partial charge in [0.2, 0.25) is 5.91 Å². The first kappa shape index (κ1) is 28.5. The number of thiazole rings is 1. The maximum atomic E-state index is 13.3. The van der Waals surface area contributed by atoms with E-state index < -0.39 is 0 Å². The Balaban J connectivity index is 0.00000408. The molecule has 3 aromatic rings. The Morgan fingerprint density at radius 1 is 1.03 bits per heavy atom. The fourth-order valence-corrected chi connectivity index (χ4v) is 5.44. The standard InChI is InChI=1S/C24H30ClN3O3S2.ClH/c1-27(2)14-6-15-28(21(29)7-5-16-32-18-10-8-17(25)9-11-18)24-26-22-19(30-3)12-13-20(31-4)23(22)33-24;/h8-13H,5-7,14-16H2,1-4H3;1H. The monoisotopic (exact) mass is 543 g/mol. The molecule has 0 atom stereocenters. The molecule has 0 spiro atoms. The van der Waals surface area contributed by atoms with Gasteiger partial charge in [0.05, 0.1) is 14.2 Å². The summed E-state index contributed by atoms with van der Waals surface area (Å²) in [4.78, 5) is 23.1. The number of hydrogen-bond acceptors (Lipinski definition) is 7. The third-order valence-electron chi connectivity index (χ3n) is 5.04. The van der Waals surface area contributed by atoms with E-state index in [-0.39, 0.29) is 18.3 Å². The van der Waals surface area contributed by atoms with Gasteiger partial charge in [-0.25, -0.2) is 4.98 Å². The Morgan fingerprint density at radius 2 is 1.71 bits per heavy atom. The summed E-state index contributed by atoms with van der Waals surface area (Å²) in [5, 5.41) is 1.41. The van der Waals surface area contributed by atoms with Gasteiger partial charge in [0.15, 0.2) is 5.13 Å². The second-order valence-corrected chi connectivity index (χ2v) is 10.3. The van der Waals surface area contributed by atoms with Crippen molar-refractivity contribution in [3.05, 3.63) is 41.4 Å². The SMILES string of the molecule is COc1ccc(OC)c2sc(N(CCCN(C)C)C(=O)CCCSc3ccc(Cl)cc3)nc12.Cl. The van der Waals surface area contributed by atoms with Crippen molar-refractivity contribution in [1.82, 2.24) is 9.88 Å². The summed E-state index contributed by atoms with van der Waals surface area (Å²) in [5.41, 5.74) is 0.723. The molecule has 3 rings (SSSR count). The van der Waals surface area contributed by atoms with Crippen LogP contribution in [0.4, 0.5) is 5.13 Å². The second-order valence-electron chi connectivity index (χ2n) is 7.75. The minimum absolute atomic E-state index is 0. The minimum atomic E-state index is 0. The number of aromatic nitrogens is 1. The summed E-state index contributed by atoms with van der Waals surface area (Å²) in [7, 11) is 7.33. The molecule has 1 amide bonds. The first-order chi connectivity index (χ1) is 15.9. The Bertz CT molecular complexity index is 1020. The average Bonchev–Trinajstić information content (AvgIpc) is 3.24. The summed E-state index contributed by atoms with van der Waals surface area (Å²) >= 11 is 9.15. The van der Waals surface area contributed by atoms with Crippen LogP contribution >= 0.6 is 47.1 Å². The van der Waals surface area contributed by atoms with Crippen LogP contribution < -0.4 is 14.4 Å². The molecule has 0 aliphatic rings. The molecule has 0 bridgehead atoms. The van der Waals surface area contributed by atoms with E-state index in [9.17, 15) is 4.79 Å². The predicted octanol–water partition coefficient (Wildman–Crippen LogP) is 6.25. The Hall–Kier alpha value is -1.71. The first-order valence-electron chi connectivity index (χ1n) is 10.8. The van der Waals surface area contributed by atoms with E-state index in [0.717, 1.165) is 51.0 Å². The molecule has 0 unspecified atom stereocenters. The van der Waals surface area contributed by atoms with Gasteiger partial charge < -0.3 is 14.4 Å². The van der Waals surface area contributed by atoms with E-state index in [1.807, 2.05) is 55.4 Å². The maximum absolute atomic E-state index is 13.3. The molecule has 34 heavy (non-hydrogen) atoms. The van der Waals surface area contributed by atoms with Crippen molar-refractivity contribution in [3.8, 4) is 11.5 Å². The minimum Gasteiger partial charge on any atom is -0.495 e. The number of amides is 1. The molecular weight excluding hydrogens is 513 g/mol. The Morgan fingerprint density at radius 3 is 2.35 bits per heavy atom. The maximum Gasteiger partial charge on any atom is 0.228 e. The Labute approximate surface area is 221 Å². The molecule has 6 nitrogen and oxygen atoms in total. The lowest BCUT2D eigenvalue weighted by molar-refractivity contribution is -0.118. The van der Waals surface area contributed by atoms with Crippen LogP contribution in [0.25, 0.3) is 10.2 Å². The third-order valence-corrected chi connectivity index (χ3v) is 7.48. The van der Waals surface area contributed by atoms with Crippen molar-refractivity contribution in [2.75, 3.05) is 52.1 Å². The van der Waals surface area contributed by atoms with Crippen molar-refractivity contribution in [3.63, 3.8) is 0 Å². The van der Waals surface area contributed by atoms with Crippen LogP contribution in [0.5, 0.6) is 11.5 Å². The molecule has 1 heterocycles. The number of methoxy groups -OCH3 is 2. The number of hydrogen-bond donors (Lipinski definition) is 0. The van der Waals surface area contributed by atoms with Crippen molar-refractivity contribution in [2.24, 2.45) is 0 Å². The zero-order valence-electron chi connectivity index (χ0n) is 19.9. The highest BCUT2D eigenvalue weighted by molar-refractivity contribution is 7.99. The van der Waals surface area contributed by atoms with Crippen molar-refractivity contribution >= 4 is 68.4 Å². The molecule has 186 valence electrons. The van der Waals surface area contributed by atoms with Crippen LogP contribution in [0.3, 0.4) is 0 Å². The fraction of sp³-hybridized carbons (Fsp3) is 0.417. The zero-order valence-corrected chi connectivity index (χ0v) is 23.1. The number of halogens is 2. The number of carbonyl (C=O) groups is 1. The van der Waals surface area contributed by atoms with Gasteiger partial charge in [-0.15, -0.1) is 24.2 Å². The van der Waals surface area contributed by atoms with Gasteiger partial charge in [-0.1, -0.05) is 22.9 Å². The normalized spacial score (nSPS) is 10.9. The van der Waals surface area contributed by atoms with Gasteiger partial charge in [0, 0.05) is 22.9 Å². The van der Waals surface area contributed by atoms with E-state index in [0.29, 0.717) is 23.8 Å². The highest BCUT2D eigenvalue weighted by Gasteiger charge is 2.22. The van der Waals surface area contributed by atoms with Gasteiger partial charge in [-0.2, -0.15) is 0 Å². The number of ether oxygens (including phenoxy) is 2. The molecule has 10 heteroatoms. The van der Waals surface area contributed by atoms with Crippen molar-refractivity contribution in [2.45, 2.75) is 24.2 Å². The van der Waals surface area contributed by atoms with E-state index in [4.69, 9.17) is 26.1 Å². The van der Waals surface area contributed by atoms with Gasteiger partial charge in [0.1, 0.15) is 21.7 Å². The zero-order chi connectivity index (χ0) is 23.8. The van der Waals surface area contributed by atoms with Crippen LogP contribution in [0.2, 0.25) is 5.02 Å². The summed E-state index contributed by atoms with van der Waals surface area (Å²) in [6.07, 6.45) is 2.11. The van der Waals surface area contributed by atoms with Gasteiger partial charge in [0.25, 0.3) is 0 Å². The van der Waals surface area contributed by atoms with E-state index >= 15 is 0 Å². The smallest absolute Gasteiger partial charge is 0.228 e. The van der Waals surface area contributed by atoms with Crippen LogP contribution in [0.15, 0.2) is 41.3 Å². The number of benzene rings is 2. The third kappa shape index (κ3) is 7.65. The van der Waals surface area contributed by atoms with Gasteiger partial charge in [-0.3, -0.25) is 9.69 Å². The van der Waals surface area contributed by atoms with E-state index in [1.165, 1.54) is 11.3 Å².